The summed E-state index contributed by atoms with van der Waals surface area (Å²) in [5, 5.41) is 16.7. The standard InChI is InChI=1S/C28H24N4O3/c33-26(34)19-29-22-13-9-12-21(18-22)24-16-7-8-17-25(24)32-28(35)31(23-14-5-2-6-15-23)27(30-32)20-10-3-1-4-11-20/h1-8,10-11,13-18,29H,9,12,19H2,(H,33,34). The van der Waals surface area contributed by atoms with E-state index in [1.807, 2.05) is 97.1 Å². The first kappa shape index (κ1) is 22.2. The van der Waals surface area contributed by atoms with E-state index >= 15 is 0 Å². The summed E-state index contributed by atoms with van der Waals surface area (Å²) in [4.78, 5) is 24.8. The summed E-state index contributed by atoms with van der Waals surface area (Å²) >= 11 is 0. The minimum Gasteiger partial charge on any atom is -0.480 e. The Labute approximate surface area is 202 Å². The molecule has 0 fully saturated rings. The number of carboxylic acids is 1. The SMILES string of the molecule is O=C(O)CNC1=CCCC(c2ccccc2-n2nc(-c3ccccc3)n(-c3ccccc3)c2=O)=C1. The quantitative estimate of drug-likeness (QED) is 0.423. The van der Waals surface area contributed by atoms with E-state index in [2.05, 4.69) is 5.32 Å². The third-order valence-corrected chi connectivity index (χ3v) is 5.85. The molecule has 7 heteroatoms. The van der Waals surface area contributed by atoms with Crippen molar-refractivity contribution in [1.82, 2.24) is 19.7 Å². The zero-order valence-electron chi connectivity index (χ0n) is 19.0. The van der Waals surface area contributed by atoms with Crippen LogP contribution in [0.25, 0.3) is 28.3 Å². The number of nitrogens with zero attached hydrogens (tertiary/aromatic N) is 3. The Bertz CT molecular complexity index is 1480. The number of aromatic nitrogens is 3. The van der Waals surface area contributed by atoms with E-state index in [9.17, 15) is 9.59 Å². The fourth-order valence-electron chi connectivity index (χ4n) is 4.25. The van der Waals surface area contributed by atoms with Crippen LogP contribution in [0.3, 0.4) is 0 Å². The molecular formula is C28H24N4O3. The predicted molar refractivity (Wildman–Crippen MR) is 136 cm³/mol. The van der Waals surface area contributed by atoms with Crippen molar-refractivity contribution in [3.63, 3.8) is 0 Å². The smallest absolute Gasteiger partial charge is 0.355 e. The lowest BCUT2D eigenvalue weighted by atomic mass is 9.94. The Morgan fingerprint density at radius 1 is 0.943 bits per heavy atom. The summed E-state index contributed by atoms with van der Waals surface area (Å²) in [6.07, 6.45) is 5.47. The first-order valence-electron chi connectivity index (χ1n) is 11.4. The molecule has 0 unspecified atom stereocenters. The van der Waals surface area contributed by atoms with Crippen LogP contribution in [0.4, 0.5) is 0 Å². The van der Waals surface area contributed by atoms with Crippen LogP contribution in [-0.2, 0) is 4.79 Å². The number of aliphatic carboxylic acids is 1. The maximum Gasteiger partial charge on any atom is 0.355 e. The van der Waals surface area contributed by atoms with Gasteiger partial charge in [-0.15, -0.1) is 5.10 Å². The van der Waals surface area contributed by atoms with Gasteiger partial charge in [-0.2, -0.15) is 4.68 Å². The maximum absolute atomic E-state index is 13.8. The van der Waals surface area contributed by atoms with Gasteiger partial charge in [-0.05, 0) is 42.7 Å². The Balaban J connectivity index is 1.65. The monoisotopic (exact) mass is 464 g/mol. The van der Waals surface area contributed by atoms with Gasteiger partial charge in [0.15, 0.2) is 5.82 Å². The van der Waals surface area contributed by atoms with Crippen LogP contribution < -0.4 is 11.0 Å². The lowest BCUT2D eigenvalue weighted by Crippen LogP contribution is -2.24. The molecule has 4 aromatic rings. The minimum absolute atomic E-state index is 0.154. The van der Waals surface area contributed by atoms with Gasteiger partial charge >= 0.3 is 11.7 Å². The number of rotatable bonds is 7. The van der Waals surface area contributed by atoms with Crippen molar-refractivity contribution in [2.75, 3.05) is 6.54 Å². The molecule has 1 aliphatic rings. The summed E-state index contributed by atoms with van der Waals surface area (Å²) in [6, 6.07) is 26.8. The average Bonchev–Trinajstić information content (AvgIpc) is 3.25. The molecule has 0 saturated heterocycles. The van der Waals surface area contributed by atoms with Crippen molar-refractivity contribution in [3.8, 4) is 22.8 Å². The molecule has 0 bridgehead atoms. The first-order valence-corrected chi connectivity index (χ1v) is 11.4. The van der Waals surface area contributed by atoms with Crippen molar-refractivity contribution in [3.05, 3.63) is 119 Å². The van der Waals surface area contributed by atoms with E-state index in [0.29, 0.717) is 11.5 Å². The molecule has 2 N–H and O–H groups in total. The van der Waals surface area contributed by atoms with Gasteiger partial charge in [0.1, 0.15) is 6.54 Å². The third-order valence-electron chi connectivity index (χ3n) is 5.85. The van der Waals surface area contributed by atoms with Gasteiger partial charge < -0.3 is 10.4 Å². The number of hydrogen-bond acceptors (Lipinski definition) is 4. The van der Waals surface area contributed by atoms with E-state index in [-0.39, 0.29) is 12.2 Å². The Kier molecular flexibility index (Phi) is 6.13. The minimum atomic E-state index is -0.918. The van der Waals surface area contributed by atoms with Gasteiger partial charge in [0.2, 0.25) is 0 Å². The fourth-order valence-corrected chi connectivity index (χ4v) is 4.25. The number of para-hydroxylation sites is 2. The Morgan fingerprint density at radius 3 is 2.37 bits per heavy atom. The molecule has 3 aromatic carbocycles. The van der Waals surface area contributed by atoms with Crippen molar-refractivity contribution in [2.45, 2.75) is 12.8 Å². The van der Waals surface area contributed by atoms with E-state index in [0.717, 1.165) is 40.9 Å². The fraction of sp³-hybridized carbons (Fsp3) is 0.107. The van der Waals surface area contributed by atoms with Crippen LogP contribution in [0.2, 0.25) is 0 Å². The second kappa shape index (κ2) is 9.69. The molecule has 35 heavy (non-hydrogen) atoms. The van der Waals surface area contributed by atoms with E-state index < -0.39 is 5.97 Å². The van der Waals surface area contributed by atoms with Crippen molar-refractivity contribution in [1.29, 1.82) is 0 Å². The molecule has 5 rings (SSSR count). The molecule has 1 heterocycles. The number of benzene rings is 3. The molecular weight excluding hydrogens is 440 g/mol. The molecule has 7 nitrogen and oxygen atoms in total. The molecule has 0 spiro atoms. The van der Waals surface area contributed by atoms with Gasteiger partial charge in [0.25, 0.3) is 0 Å². The number of carbonyl (C=O) groups is 1. The average molecular weight is 465 g/mol. The van der Waals surface area contributed by atoms with Crippen LogP contribution in [0, 0.1) is 0 Å². The first-order chi connectivity index (χ1) is 17.1. The number of hydrogen-bond donors (Lipinski definition) is 2. The lowest BCUT2D eigenvalue weighted by Gasteiger charge is -2.17. The van der Waals surface area contributed by atoms with E-state index in [4.69, 9.17) is 10.2 Å². The van der Waals surface area contributed by atoms with Crippen molar-refractivity contribution >= 4 is 11.5 Å². The van der Waals surface area contributed by atoms with Gasteiger partial charge in [-0.3, -0.25) is 4.79 Å². The summed E-state index contributed by atoms with van der Waals surface area (Å²) in [5.41, 5.74) is 4.64. The Morgan fingerprint density at radius 2 is 1.63 bits per heavy atom. The maximum atomic E-state index is 13.8. The number of allylic oxidation sites excluding steroid dienone is 3. The van der Waals surface area contributed by atoms with Gasteiger partial charge in [0.05, 0.1) is 11.4 Å². The van der Waals surface area contributed by atoms with E-state index in [1.54, 1.807) is 4.57 Å². The molecule has 0 atom stereocenters. The van der Waals surface area contributed by atoms with Crippen LogP contribution in [-0.4, -0.2) is 32.0 Å². The largest absolute Gasteiger partial charge is 0.480 e. The summed E-state index contributed by atoms with van der Waals surface area (Å²) in [6.45, 7) is -0.154. The van der Waals surface area contributed by atoms with Crippen molar-refractivity contribution < 1.29 is 9.90 Å². The predicted octanol–water partition coefficient (Wildman–Crippen LogP) is 4.43. The highest BCUT2D eigenvalue weighted by molar-refractivity contribution is 5.76. The topological polar surface area (TPSA) is 89.2 Å². The highest BCUT2D eigenvalue weighted by atomic mass is 16.4. The lowest BCUT2D eigenvalue weighted by molar-refractivity contribution is -0.135. The molecule has 0 aliphatic heterocycles. The summed E-state index contributed by atoms with van der Waals surface area (Å²) in [5.74, 6) is -0.365. The highest BCUT2D eigenvalue weighted by Crippen LogP contribution is 2.30. The summed E-state index contributed by atoms with van der Waals surface area (Å²) < 4.78 is 3.08. The van der Waals surface area contributed by atoms with Gasteiger partial charge in [0, 0.05) is 16.8 Å². The van der Waals surface area contributed by atoms with Crippen LogP contribution >= 0.6 is 0 Å². The highest BCUT2D eigenvalue weighted by Gasteiger charge is 2.21. The van der Waals surface area contributed by atoms with Crippen LogP contribution in [0.1, 0.15) is 18.4 Å². The number of carboxylic acid groups (broad SMARTS) is 1. The molecule has 0 amide bonds. The van der Waals surface area contributed by atoms with Crippen LogP contribution in [0.5, 0.6) is 0 Å². The molecule has 0 radical (unpaired) electrons. The van der Waals surface area contributed by atoms with E-state index in [1.165, 1.54) is 4.68 Å². The third kappa shape index (κ3) is 4.56. The number of nitrogens with one attached hydrogen (secondary N) is 1. The van der Waals surface area contributed by atoms with Gasteiger partial charge in [-0.1, -0.05) is 72.8 Å². The molecule has 0 saturated carbocycles. The molecule has 1 aliphatic carbocycles. The second-order valence-corrected chi connectivity index (χ2v) is 8.19. The zero-order valence-corrected chi connectivity index (χ0v) is 19.0. The van der Waals surface area contributed by atoms with Gasteiger partial charge in [-0.25, -0.2) is 9.36 Å². The normalized spacial score (nSPS) is 13.1. The van der Waals surface area contributed by atoms with Crippen molar-refractivity contribution in [2.24, 2.45) is 0 Å². The zero-order chi connectivity index (χ0) is 24.2. The second-order valence-electron chi connectivity index (χ2n) is 8.19. The van der Waals surface area contributed by atoms with Crippen LogP contribution in [0.15, 0.2) is 108 Å². The molecule has 1 aromatic heterocycles. The summed E-state index contributed by atoms with van der Waals surface area (Å²) in [7, 11) is 0. The Hall–Kier alpha value is -4.65. The molecule has 174 valence electrons.